The van der Waals surface area contributed by atoms with E-state index in [0.29, 0.717) is 5.69 Å². The quantitative estimate of drug-likeness (QED) is 0.686. The highest BCUT2D eigenvalue weighted by Crippen LogP contribution is 2.21. The van der Waals surface area contributed by atoms with Crippen molar-refractivity contribution in [2.24, 2.45) is 0 Å². The molecule has 1 aromatic rings. The van der Waals surface area contributed by atoms with E-state index in [9.17, 15) is 14.7 Å². The zero-order chi connectivity index (χ0) is 10.8. The summed E-state index contributed by atoms with van der Waals surface area (Å²) in [5.41, 5.74) is 0.520. The van der Waals surface area contributed by atoms with Gasteiger partial charge in [0, 0.05) is 6.42 Å². The minimum atomic E-state index is -1.05. The van der Waals surface area contributed by atoms with Crippen molar-refractivity contribution in [2.45, 2.75) is 18.9 Å². The van der Waals surface area contributed by atoms with Gasteiger partial charge >= 0.3 is 0 Å². The molecule has 4 heteroatoms. The Kier molecular flexibility index (Phi) is 2.51. The third-order valence-electron chi connectivity index (χ3n) is 2.40. The fourth-order valence-electron chi connectivity index (χ4n) is 1.62. The van der Waals surface area contributed by atoms with Crippen molar-refractivity contribution in [1.29, 1.82) is 0 Å². The Balaban J connectivity index is 2.34. The number of aliphatic hydroxyl groups excluding tert-OH is 1. The van der Waals surface area contributed by atoms with Crippen LogP contribution in [0.1, 0.15) is 12.8 Å². The summed E-state index contributed by atoms with van der Waals surface area (Å²) in [6, 6.07) is 8.65. The molecule has 0 bridgehead atoms. The van der Waals surface area contributed by atoms with Gasteiger partial charge in [-0.25, -0.2) is 4.90 Å². The molecule has 1 unspecified atom stereocenters. The second kappa shape index (κ2) is 3.82. The molecular formula is C11H11NO3. The Bertz CT molecular complexity index is 388. The highest BCUT2D eigenvalue weighted by Gasteiger charge is 2.33. The standard InChI is InChI=1S/C11H11NO3/c13-9-6-7-10(14)12(11(9)15)8-4-2-1-3-5-8/h1-5,9,13H,6-7H2. The smallest absolute Gasteiger partial charge is 0.262 e. The molecule has 1 heterocycles. The number of imide groups is 1. The number of piperidine rings is 1. The number of aliphatic hydroxyl groups is 1. The van der Waals surface area contributed by atoms with E-state index in [-0.39, 0.29) is 18.7 Å². The number of anilines is 1. The van der Waals surface area contributed by atoms with Crippen LogP contribution in [-0.4, -0.2) is 23.0 Å². The molecule has 0 aromatic heterocycles. The molecule has 4 nitrogen and oxygen atoms in total. The summed E-state index contributed by atoms with van der Waals surface area (Å²) in [6.07, 6.45) is -0.620. The lowest BCUT2D eigenvalue weighted by molar-refractivity contribution is -0.135. The van der Waals surface area contributed by atoms with E-state index < -0.39 is 12.0 Å². The maximum Gasteiger partial charge on any atom is 0.262 e. The van der Waals surface area contributed by atoms with Crippen molar-refractivity contribution in [3.8, 4) is 0 Å². The molecular weight excluding hydrogens is 194 g/mol. The van der Waals surface area contributed by atoms with Crippen LogP contribution < -0.4 is 4.90 Å². The number of para-hydroxylation sites is 1. The van der Waals surface area contributed by atoms with Crippen LogP contribution in [0.4, 0.5) is 5.69 Å². The highest BCUT2D eigenvalue weighted by molar-refractivity contribution is 6.17. The molecule has 78 valence electrons. The molecule has 0 spiro atoms. The Morgan fingerprint density at radius 1 is 1.20 bits per heavy atom. The summed E-state index contributed by atoms with van der Waals surface area (Å²) in [7, 11) is 0. The molecule has 0 aliphatic carbocycles. The fraction of sp³-hybridized carbons (Fsp3) is 0.273. The lowest BCUT2D eigenvalue weighted by atomic mass is 10.1. The molecule has 1 fully saturated rings. The molecule has 1 N–H and O–H groups in total. The zero-order valence-corrected chi connectivity index (χ0v) is 8.09. The Labute approximate surface area is 87.1 Å². The van der Waals surface area contributed by atoms with E-state index in [0.717, 1.165) is 4.90 Å². The van der Waals surface area contributed by atoms with Crippen molar-refractivity contribution < 1.29 is 14.7 Å². The van der Waals surface area contributed by atoms with E-state index in [4.69, 9.17) is 0 Å². The van der Waals surface area contributed by atoms with Gasteiger partial charge in [-0.1, -0.05) is 18.2 Å². The number of carbonyl (C=O) groups excluding carboxylic acids is 2. The van der Waals surface area contributed by atoms with Crippen molar-refractivity contribution >= 4 is 17.5 Å². The van der Waals surface area contributed by atoms with E-state index in [2.05, 4.69) is 0 Å². The normalized spacial score (nSPS) is 21.9. The van der Waals surface area contributed by atoms with Gasteiger partial charge in [0.2, 0.25) is 5.91 Å². The Morgan fingerprint density at radius 3 is 2.53 bits per heavy atom. The van der Waals surface area contributed by atoms with Gasteiger partial charge in [-0.2, -0.15) is 0 Å². The van der Waals surface area contributed by atoms with Crippen LogP contribution >= 0.6 is 0 Å². The molecule has 2 amide bonds. The minimum Gasteiger partial charge on any atom is -0.383 e. The summed E-state index contributed by atoms with van der Waals surface area (Å²) in [6.45, 7) is 0. The lowest BCUT2D eigenvalue weighted by Crippen LogP contribution is -2.47. The van der Waals surface area contributed by atoms with Crippen LogP contribution in [0.2, 0.25) is 0 Å². The number of rotatable bonds is 1. The topological polar surface area (TPSA) is 57.6 Å². The zero-order valence-electron chi connectivity index (χ0n) is 8.09. The first kappa shape index (κ1) is 9.86. The summed E-state index contributed by atoms with van der Waals surface area (Å²) < 4.78 is 0. The van der Waals surface area contributed by atoms with E-state index in [1.807, 2.05) is 0 Å². The van der Waals surface area contributed by atoms with Crippen molar-refractivity contribution in [2.75, 3.05) is 4.90 Å². The first-order chi connectivity index (χ1) is 7.20. The Hall–Kier alpha value is -1.68. The van der Waals surface area contributed by atoms with Crippen LogP contribution in [0, 0.1) is 0 Å². The van der Waals surface area contributed by atoms with Crippen LogP contribution in [0.15, 0.2) is 30.3 Å². The molecule has 1 aliphatic rings. The summed E-state index contributed by atoms with van der Waals surface area (Å²) in [4.78, 5) is 24.2. The number of hydrogen-bond donors (Lipinski definition) is 1. The molecule has 0 radical (unpaired) electrons. The van der Waals surface area contributed by atoms with Gasteiger partial charge in [-0.3, -0.25) is 9.59 Å². The second-order valence-corrected chi connectivity index (χ2v) is 3.46. The summed E-state index contributed by atoms with van der Waals surface area (Å²) in [5, 5.41) is 9.38. The van der Waals surface area contributed by atoms with E-state index in [1.54, 1.807) is 30.3 Å². The monoisotopic (exact) mass is 205 g/mol. The van der Waals surface area contributed by atoms with Crippen LogP contribution in [0.3, 0.4) is 0 Å². The van der Waals surface area contributed by atoms with Gasteiger partial charge in [0.25, 0.3) is 5.91 Å². The lowest BCUT2D eigenvalue weighted by Gasteiger charge is -2.27. The van der Waals surface area contributed by atoms with Gasteiger partial charge in [-0.15, -0.1) is 0 Å². The van der Waals surface area contributed by atoms with E-state index in [1.165, 1.54) is 0 Å². The van der Waals surface area contributed by atoms with Gasteiger partial charge < -0.3 is 5.11 Å². The number of carbonyl (C=O) groups is 2. The van der Waals surface area contributed by atoms with Crippen molar-refractivity contribution in [1.82, 2.24) is 0 Å². The third kappa shape index (κ3) is 1.76. The predicted molar refractivity (Wildman–Crippen MR) is 54.2 cm³/mol. The average molecular weight is 205 g/mol. The third-order valence-corrected chi connectivity index (χ3v) is 2.40. The van der Waals surface area contributed by atoms with Crippen molar-refractivity contribution in [3.05, 3.63) is 30.3 Å². The van der Waals surface area contributed by atoms with Crippen molar-refractivity contribution in [3.63, 3.8) is 0 Å². The largest absolute Gasteiger partial charge is 0.383 e. The van der Waals surface area contributed by atoms with Gasteiger partial charge in [-0.05, 0) is 18.6 Å². The van der Waals surface area contributed by atoms with Gasteiger partial charge in [0.1, 0.15) is 6.10 Å². The summed E-state index contributed by atoms with van der Waals surface area (Å²) >= 11 is 0. The molecule has 1 aliphatic heterocycles. The molecule has 2 rings (SSSR count). The van der Waals surface area contributed by atoms with Crippen LogP contribution in [0.5, 0.6) is 0 Å². The second-order valence-electron chi connectivity index (χ2n) is 3.46. The number of benzene rings is 1. The summed E-state index contributed by atoms with van der Waals surface area (Å²) in [5.74, 6) is -0.783. The average Bonchev–Trinajstić information content (AvgIpc) is 2.26. The number of hydrogen-bond acceptors (Lipinski definition) is 3. The van der Waals surface area contributed by atoms with Crippen LogP contribution in [0.25, 0.3) is 0 Å². The van der Waals surface area contributed by atoms with Crippen LogP contribution in [-0.2, 0) is 9.59 Å². The highest BCUT2D eigenvalue weighted by atomic mass is 16.3. The first-order valence-electron chi connectivity index (χ1n) is 4.80. The molecule has 1 aromatic carbocycles. The molecule has 1 atom stereocenters. The minimum absolute atomic E-state index is 0.210. The van der Waals surface area contributed by atoms with Gasteiger partial charge in [0.15, 0.2) is 0 Å². The predicted octanol–water partition coefficient (Wildman–Crippen LogP) is 0.701. The molecule has 1 saturated heterocycles. The maximum atomic E-state index is 11.6. The number of amides is 2. The van der Waals surface area contributed by atoms with E-state index >= 15 is 0 Å². The van der Waals surface area contributed by atoms with Gasteiger partial charge in [0.05, 0.1) is 5.69 Å². The SMILES string of the molecule is O=C1CCC(O)C(=O)N1c1ccccc1. The number of nitrogens with zero attached hydrogens (tertiary/aromatic N) is 1. The molecule has 15 heavy (non-hydrogen) atoms. The fourth-order valence-corrected chi connectivity index (χ4v) is 1.62. The first-order valence-corrected chi connectivity index (χ1v) is 4.80. The maximum absolute atomic E-state index is 11.6. The Morgan fingerprint density at radius 2 is 1.87 bits per heavy atom. The molecule has 0 saturated carbocycles.